The Morgan fingerprint density at radius 1 is 1.63 bits per heavy atom. The maximum absolute atomic E-state index is 10.2. The predicted molar refractivity (Wildman–Crippen MR) is 74.4 cm³/mol. The molecule has 0 aromatic heterocycles. The summed E-state index contributed by atoms with van der Waals surface area (Å²) < 4.78 is 5.30. The minimum Gasteiger partial charge on any atom is -0.386 e. The second-order valence-corrected chi connectivity index (χ2v) is 5.37. The van der Waals surface area contributed by atoms with Gasteiger partial charge >= 0.3 is 0 Å². The summed E-state index contributed by atoms with van der Waals surface area (Å²) in [5.41, 5.74) is 1.31. The van der Waals surface area contributed by atoms with Crippen LogP contribution < -0.4 is 5.32 Å². The smallest absolute Gasteiger partial charge is 0.107 e. The van der Waals surface area contributed by atoms with Gasteiger partial charge in [-0.1, -0.05) is 18.5 Å². The van der Waals surface area contributed by atoms with Gasteiger partial charge < -0.3 is 15.2 Å². The Morgan fingerprint density at radius 2 is 2.37 bits per heavy atom. The van der Waals surface area contributed by atoms with E-state index in [0.717, 1.165) is 11.3 Å². The third-order valence-electron chi connectivity index (χ3n) is 3.48. The van der Waals surface area contributed by atoms with E-state index in [1.165, 1.54) is 0 Å². The Labute approximate surface area is 117 Å². The average Bonchev–Trinajstić information content (AvgIpc) is 2.69. The van der Waals surface area contributed by atoms with Crippen molar-refractivity contribution in [2.45, 2.75) is 31.9 Å². The third kappa shape index (κ3) is 2.69. The highest BCUT2D eigenvalue weighted by molar-refractivity contribution is 6.32. The first-order valence-electron chi connectivity index (χ1n) is 6.27. The molecule has 4 nitrogen and oxygen atoms in total. The number of benzene rings is 1. The van der Waals surface area contributed by atoms with Crippen LogP contribution in [0.3, 0.4) is 0 Å². The van der Waals surface area contributed by atoms with Gasteiger partial charge in [0, 0.05) is 5.69 Å². The zero-order valence-electron chi connectivity index (χ0n) is 11.0. The van der Waals surface area contributed by atoms with Gasteiger partial charge in [-0.15, -0.1) is 0 Å². The number of anilines is 1. The lowest BCUT2D eigenvalue weighted by molar-refractivity contribution is 0.0389. The van der Waals surface area contributed by atoms with E-state index in [1.54, 1.807) is 13.0 Å². The molecule has 0 saturated carbocycles. The highest BCUT2D eigenvalue weighted by Gasteiger charge is 2.38. The van der Waals surface area contributed by atoms with E-state index in [4.69, 9.17) is 21.6 Å². The summed E-state index contributed by atoms with van der Waals surface area (Å²) in [4.78, 5) is 0. The van der Waals surface area contributed by atoms with Gasteiger partial charge in [0.15, 0.2) is 0 Å². The van der Waals surface area contributed by atoms with Crippen molar-refractivity contribution in [2.75, 3.05) is 18.5 Å². The molecular formula is C14H17ClN2O2. The average molecular weight is 281 g/mol. The molecule has 0 bridgehead atoms. The van der Waals surface area contributed by atoms with Gasteiger partial charge in [0.1, 0.15) is 11.7 Å². The van der Waals surface area contributed by atoms with Gasteiger partial charge in [-0.05, 0) is 31.0 Å². The summed E-state index contributed by atoms with van der Waals surface area (Å²) in [5, 5.41) is 22.9. The molecule has 0 spiro atoms. The van der Waals surface area contributed by atoms with Crippen LogP contribution in [0.15, 0.2) is 12.1 Å². The van der Waals surface area contributed by atoms with Crippen LogP contribution in [0.1, 0.15) is 25.0 Å². The molecule has 2 atom stereocenters. The first-order valence-corrected chi connectivity index (χ1v) is 6.65. The van der Waals surface area contributed by atoms with Gasteiger partial charge in [-0.25, -0.2) is 0 Å². The highest BCUT2D eigenvalue weighted by atomic mass is 35.5. The fraction of sp³-hybridized carbons (Fsp3) is 0.500. The second-order valence-electron chi connectivity index (χ2n) is 4.99. The van der Waals surface area contributed by atoms with Crippen molar-refractivity contribution in [1.29, 1.82) is 5.26 Å². The molecule has 2 N–H and O–H groups in total. The maximum atomic E-state index is 10.2. The Kier molecular flexibility index (Phi) is 4.00. The summed E-state index contributed by atoms with van der Waals surface area (Å²) >= 11 is 6.21. The zero-order valence-corrected chi connectivity index (χ0v) is 11.8. The molecule has 1 fully saturated rings. The van der Waals surface area contributed by atoms with Crippen molar-refractivity contribution >= 4 is 17.3 Å². The molecule has 0 unspecified atom stereocenters. The normalized spacial score (nSPS) is 26.2. The number of aliphatic hydroxyl groups is 1. The van der Waals surface area contributed by atoms with Crippen LogP contribution in [0, 0.1) is 11.3 Å². The van der Waals surface area contributed by atoms with E-state index in [1.807, 2.05) is 13.0 Å². The summed E-state index contributed by atoms with van der Waals surface area (Å²) in [5.74, 6) is 0. The molecule has 0 radical (unpaired) electrons. The number of hydrogen-bond donors (Lipinski definition) is 2. The topological polar surface area (TPSA) is 65.3 Å². The Bertz CT molecular complexity index is 523. The van der Waals surface area contributed by atoms with E-state index in [2.05, 4.69) is 11.4 Å². The molecule has 2 rings (SSSR count). The number of hydrogen-bond acceptors (Lipinski definition) is 4. The summed E-state index contributed by atoms with van der Waals surface area (Å²) in [6.07, 6.45) is 0.715. The second kappa shape index (κ2) is 5.38. The van der Waals surface area contributed by atoms with E-state index in [9.17, 15) is 5.11 Å². The first-order chi connectivity index (χ1) is 8.99. The van der Waals surface area contributed by atoms with Crippen LogP contribution in [-0.2, 0) is 11.2 Å². The number of ether oxygens (including phenoxy) is 1. The fourth-order valence-corrected chi connectivity index (χ4v) is 2.58. The number of nitrogens with one attached hydrogen (secondary N) is 1. The van der Waals surface area contributed by atoms with Crippen molar-refractivity contribution in [1.82, 2.24) is 0 Å². The van der Waals surface area contributed by atoms with Gasteiger partial charge in [0.2, 0.25) is 0 Å². The summed E-state index contributed by atoms with van der Waals surface area (Å²) in [7, 11) is 0. The number of halogens is 1. The highest BCUT2D eigenvalue weighted by Crippen LogP contribution is 2.31. The quantitative estimate of drug-likeness (QED) is 0.892. The van der Waals surface area contributed by atoms with Crippen LogP contribution in [0.25, 0.3) is 0 Å². The van der Waals surface area contributed by atoms with Crippen molar-refractivity contribution in [3.05, 3.63) is 28.3 Å². The lowest BCUT2D eigenvalue weighted by Crippen LogP contribution is -2.43. The molecule has 1 aromatic carbocycles. The molecule has 1 heterocycles. The molecule has 1 aliphatic heterocycles. The monoisotopic (exact) mass is 280 g/mol. The Balaban J connectivity index is 2.31. The molecular weight excluding hydrogens is 264 g/mol. The molecule has 0 amide bonds. The van der Waals surface area contributed by atoms with Crippen molar-refractivity contribution in [2.24, 2.45) is 0 Å². The predicted octanol–water partition coefficient (Wildman–Crippen LogP) is 2.34. The summed E-state index contributed by atoms with van der Waals surface area (Å²) in [6, 6.07) is 5.41. The van der Waals surface area contributed by atoms with Gasteiger partial charge in [-0.2, -0.15) is 5.26 Å². The first kappa shape index (κ1) is 14.1. The van der Waals surface area contributed by atoms with E-state index in [0.29, 0.717) is 30.2 Å². The SMILES string of the molecule is CCc1c(N[C@H]2COC[C@@]2(C)O)ccc(C#N)c1Cl. The number of nitriles is 1. The van der Waals surface area contributed by atoms with Crippen LogP contribution in [0.2, 0.25) is 5.02 Å². The standard InChI is InChI=1S/C14H17ClN2O2/c1-3-10-11(5-4-9(6-16)13(10)15)17-12-7-19-8-14(12,2)18/h4-5,12,17-18H,3,7-8H2,1-2H3/t12-,14+/m0/s1. The molecule has 1 aromatic rings. The van der Waals surface area contributed by atoms with Crippen LogP contribution >= 0.6 is 11.6 Å². The molecule has 1 saturated heterocycles. The van der Waals surface area contributed by atoms with E-state index >= 15 is 0 Å². The minimum absolute atomic E-state index is 0.179. The van der Waals surface area contributed by atoms with Crippen LogP contribution in [-0.4, -0.2) is 30.0 Å². The van der Waals surface area contributed by atoms with Gasteiger partial charge in [-0.3, -0.25) is 0 Å². The molecule has 0 aliphatic carbocycles. The van der Waals surface area contributed by atoms with Crippen molar-refractivity contribution in [3.63, 3.8) is 0 Å². The lowest BCUT2D eigenvalue weighted by atomic mass is 9.99. The third-order valence-corrected chi connectivity index (χ3v) is 3.91. The van der Waals surface area contributed by atoms with Gasteiger partial charge in [0.25, 0.3) is 0 Å². The van der Waals surface area contributed by atoms with Crippen LogP contribution in [0.5, 0.6) is 0 Å². The molecule has 1 aliphatic rings. The molecule has 19 heavy (non-hydrogen) atoms. The minimum atomic E-state index is -0.897. The van der Waals surface area contributed by atoms with Crippen LogP contribution in [0.4, 0.5) is 5.69 Å². The Morgan fingerprint density at radius 3 is 2.89 bits per heavy atom. The fourth-order valence-electron chi connectivity index (χ4n) is 2.24. The maximum Gasteiger partial charge on any atom is 0.107 e. The van der Waals surface area contributed by atoms with E-state index < -0.39 is 5.60 Å². The summed E-state index contributed by atoms with van der Waals surface area (Å²) in [6.45, 7) is 4.50. The largest absolute Gasteiger partial charge is 0.386 e. The van der Waals surface area contributed by atoms with Gasteiger partial charge in [0.05, 0.1) is 29.8 Å². The lowest BCUT2D eigenvalue weighted by Gasteiger charge is -2.26. The molecule has 102 valence electrons. The van der Waals surface area contributed by atoms with E-state index in [-0.39, 0.29) is 6.04 Å². The zero-order chi connectivity index (χ0) is 14.0. The molecule has 5 heteroatoms. The Hall–Kier alpha value is -1.28. The van der Waals surface area contributed by atoms with Crippen molar-refractivity contribution < 1.29 is 9.84 Å². The van der Waals surface area contributed by atoms with Crippen molar-refractivity contribution in [3.8, 4) is 6.07 Å². The number of nitrogens with zero attached hydrogens (tertiary/aromatic N) is 1. The number of rotatable bonds is 3.